The van der Waals surface area contributed by atoms with Crippen molar-refractivity contribution in [2.24, 2.45) is 17.8 Å². The van der Waals surface area contributed by atoms with Crippen LogP contribution in [0.1, 0.15) is 87.3 Å². The second kappa shape index (κ2) is 10.4. The van der Waals surface area contributed by atoms with Gasteiger partial charge in [-0.25, -0.2) is 4.39 Å². The predicted octanol–water partition coefficient (Wildman–Crippen LogP) is 9.46. The van der Waals surface area contributed by atoms with Gasteiger partial charge >= 0.3 is 12.3 Å². The van der Waals surface area contributed by atoms with Crippen molar-refractivity contribution in [1.29, 1.82) is 0 Å². The van der Waals surface area contributed by atoms with Gasteiger partial charge in [-0.3, -0.25) is 0 Å². The van der Waals surface area contributed by atoms with Gasteiger partial charge in [-0.1, -0.05) is 38.3 Å². The normalized spacial score (nSPS) is 25.9. The van der Waals surface area contributed by atoms with E-state index in [4.69, 9.17) is 4.74 Å². The fourth-order valence-electron chi connectivity index (χ4n) is 5.93. The van der Waals surface area contributed by atoms with Crippen molar-refractivity contribution < 1.29 is 31.1 Å². The number of benzene rings is 2. The Hall–Kier alpha value is -2.18. The SMILES string of the molecule is CCC1CCC(C2CCC(c3ccc(OC(F)(F)c4ccc(C(F)(F)F)c(F)c4)cc3)CC2)CC1. The molecule has 192 valence electrons. The topological polar surface area (TPSA) is 9.23 Å². The van der Waals surface area contributed by atoms with Crippen molar-refractivity contribution in [3.05, 3.63) is 65.0 Å². The van der Waals surface area contributed by atoms with Crippen molar-refractivity contribution in [3.8, 4) is 5.75 Å². The number of ether oxygens (including phenoxy) is 1. The molecule has 0 atom stereocenters. The van der Waals surface area contributed by atoms with Crippen LogP contribution in [0.15, 0.2) is 42.5 Å². The van der Waals surface area contributed by atoms with E-state index >= 15 is 0 Å². The van der Waals surface area contributed by atoms with E-state index in [0.717, 1.165) is 36.2 Å². The quantitative estimate of drug-likeness (QED) is 0.361. The minimum absolute atomic E-state index is 0.125. The molecule has 4 rings (SSSR count). The van der Waals surface area contributed by atoms with Crippen LogP contribution >= 0.6 is 0 Å². The van der Waals surface area contributed by atoms with Gasteiger partial charge in [0, 0.05) is 0 Å². The Morgan fingerprint density at radius 3 is 1.86 bits per heavy atom. The van der Waals surface area contributed by atoms with Crippen LogP contribution in [-0.2, 0) is 12.3 Å². The fraction of sp³-hybridized carbons (Fsp3) is 0.571. The molecule has 0 aliphatic heterocycles. The standard InChI is InChI=1S/C28H32F6O/c1-2-18-3-5-19(6-4-18)20-7-9-21(10-8-20)22-11-14-24(15-12-22)35-28(33,34)23-13-16-25(26(29)17-23)27(30,31)32/h11-21H,2-10H2,1H3. The molecule has 2 saturated carbocycles. The molecule has 0 bridgehead atoms. The molecule has 2 aromatic rings. The zero-order chi connectivity index (χ0) is 25.2. The smallest absolute Gasteiger partial charge is 0.426 e. The summed E-state index contributed by atoms with van der Waals surface area (Å²) in [4.78, 5) is 0. The summed E-state index contributed by atoms with van der Waals surface area (Å²) >= 11 is 0. The lowest BCUT2D eigenvalue weighted by atomic mass is 9.68. The Morgan fingerprint density at radius 1 is 0.771 bits per heavy atom. The molecule has 2 aliphatic carbocycles. The largest absolute Gasteiger partial charge is 0.429 e. The van der Waals surface area contributed by atoms with E-state index < -0.39 is 29.2 Å². The van der Waals surface area contributed by atoms with Gasteiger partial charge in [0.1, 0.15) is 11.6 Å². The molecule has 0 unspecified atom stereocenters. The molecular formula is C28H32F6O. The summed E-state index contributed by atoms with van der Waals surface area (Å²) in [5, 5.41) is 0. The van der Waals surface area contributed by atoms with Gasteiger partial charge in [0.25, 0.3) is 0 Å². The molecule has 0 amide bonds. The average molecular weight is 499 g/mol. The first-order valence-corrected chi connectivity index (χ1v) is 12.6. The van der Waals surface area contributed by atoms with Crippen molar-refractivity contribution in [3.63, 3.8) is 0 Å². The molecule has 0 spiro atoms. The van der Waals surface area contributed by atoms with Crippen molar-refractivity contribution in [2.75, 3.05) is 0 Å². The van der Waals surface area contributed by atoms with Gasteiger partial charge in [0.05, 0.1) is 11.1 Å². The van der Waals surface area contributed by atoms with Crippen LogP contribution < -0.4 is 4.74 Å². The van der Waals surface area contributed by atoms with Crippen LogP contribution in [0.25, 0.3) is 0 Å². The average Bonchev–Trinajstić information content (AvgIpc) is 2.84. The monoisotopic (exact) mass is 498 g/mol. The van der Waals surface area contributed by atoms with Gasteiger partial charge in [0.15, 0.2) is 0 Å². The van der Waals surface area contributed by atoms with E-state index in [-0.39, 0.29) is 11.8 Å². The van der Waals surface area contributed by atoms with E-state index in [1.165, 1.54) is 57.1 Å². The summed E-state index contributed by atoms with van der Waals surface area (Å²) in [5.74, 6) is 1.02. The number of halogens is 6. The summed E-state index contributed by atoms with van der Waals surface area (Å²) in [6.07, 6.45) is 2.31. The van der Waals surface area contributed by atoms with Gasteiger partial charge in [-0.2, -0.15) is 22.0 Å². The first kappa shape index (κ1) is 25.9. The van der Waals surface area contributed by atoms with Gasteiger partial charge in [-0.05, 0) is 98.1 Å². The molecule has 2 fully saturated rings. The highest BCUT2D eigenvalue weighted by Gasteiger charge is 2.39. The summed E-state index contributed by atoms with van der Waals surface area (Å²) in [6.45, 7) is 2.28. The second-order valence-corrected chi connectivity index (χ2v) is 10.2. The summed E-state index contributed by atoms with van der Waals surface area (Å²) in [6, 6.07) is 7.45. The molecule has 0 aromatic heterocycles. The molecule has 1 nitrogen and oxygen atoms in total. The van der Waals surface area contributed by atoms with Crippen LogP contribution in [0.3, 0.4) is 0 Å². The molecule has 0 radical (unpaired) electrons. The molecule has 2 aromatic carbocycles. The highest BCUT2D eigenvalue weighted by molar-refractivity contribution is 5.32. The number of hydrogen-bond donors (Lipinski definition) is 0. The van der Waals surface area contributed by atoms with Crippen molar-refractivity contribution >= 4 is 0 Å². The third-order valence-electron chi connectivity index (χ3n) is 8.12. The van der Waals surface area contributed by atoms with Crippen LogP contribution in [-0.4, -0.2) is 0 Å². The summed E-state index contributed by atoms with van der Waals surface area (Å²) < 4.78 is 85.6. The molecule has 0 N–H and O–H groups in total. The Bertz CT molecular complexity index is 968. The van der Waals surface area contributed by atoms with Crippen LogP contribution in [0.4, 0.5) is 26.3 Å². The molecule has 0 heterocycles. The van der Waals surface area contributed by atoms with E-state index in [2.05, 4.69) is 6.92 Å². The van der Waals surface area contributed by atoms with Gasteiger partial charge in [-0.15, -0.1) is 0 Å². The lowest BCUT2D eigenvalue weighted by Gasteiger charge is -2.38. The predicted molar refractivity (Wildman–Crippen MR) is 123 cm³/mol. The Balaban J connectivity index is 1.33. The van der Waals surface area contributed by atoms with Crippen molar-refractivity contribution in [1.82, 2.24) is 0 Å². The summed E-state index contributed by atoms with van der Waals surface area (Å²) in [5.41, 5.74) is -1.49. The minimum atomic E-state index is -4.96. The van der Waals surface area contributed by atoms with Crippen LogP contribution in [0.5, 0.6) is 5.75 Å². The Kier molecular flexibility index (Phi) is 7.72. The fourth-order valence-corrected chi connectivity index (χ4v) is 5.93. The van der Waals surface area contributed by atoms with Crippen LogP contribution in [0.2, 0.25) is 0 Å². The Morgan fingerprint density at radius 2 is 1.34 bits per heavy atom. The first-order chi connectivity index (χ1) is 16.6. The van der Waals surface area contributed by atoms with Crippen molar-refractivity contribution in [2.45, 2.75) is 82.9 Å². The third kappa shape index (κ3) is 6.15. The number of hydrogen-bond acceptors (Lipinski definition) is 1. The lowest BCUT2D eigenvalue weighted by molar-refractivity contribution is -0.186. The van der Waals surface area contributed by atoms with Gasteiger partial charge in [0.2, 0.25) is 0 Å². The maximum atomic E-state index is 14.5. The number of alkyl halides is 5. The zero-order valence-corrected chi connectivity index (χ0v) is 19.9. The minimum Gasteiger partial charge on any atom is -0.429 e. The molecule has 2 aliphatic rings. The molecule has 7 heteroatoms. The highest BCUT2D eigenvalue weighted by Crippen LogP contribution is 2.44. The van der Waals surface area contributed by atoms with E-state index in [1.54, 1.807) is 12.1 Å². The zero-order valence-electron chi connectivity index (χ0n) is 19.9. The van der Waals surface area contributed by atoms with Gasteiger partial charge < -0.3 is 4.74 Å². The second-order valence-electron chi connectivity index (χ2n) is 10.2. The summed E-state index contributed by atoms with van der Waals surface area (Å²) in [7, 11) is 0. The van der Waals surface area contributed by atoms with E-state index in [9.17, 15) is 26.3 Å². The molecular weight excluding hydrogens is 466 g/mol. The third-order valence-corrected chi connectivity index (χ3v) is 8.12. The first-order valence-electron chi connectivity index (χ1n) is 12.6. The van der Waals surface area contributed by atoms with E-state index in [0.29, 0.717) is 18.1 Å². The highest BCUT2D eigenvalue weighted by atomic mass is 19.4. The van der Waals surface area contributed by atoms with Crippen LogP contribution in [0, 0.1) is 23.6 Å². The Labute approximate surface area is 202 Å². The lowest BCUT2D eigenvalue weighted by Crippen LogP contribution is -2.25. The molecule has 0 saturated heterocycles. The number of rotatable bonds is 6. The molecule has 35 heavy (non-hydrogen) atoms. The van der Waals surface area contributed by atoms with E-state index in [1.807, 2.05) is 0 Å². The maximum Gasteiger partial charge on any atom is 0.426 e. The maximum absolute atomic E-state index is 14.5.